The number of ether oxygens (including phenoxy) is 3. The van der Waals surface area contributed by atoms with Crippen molar-refractivity contribution in [3.05, 3.63) is 65.7 Å². The molecule has 0 atom stereocenters. The van der Waals surface area contributed by atoms with E-state index in [1.165, 1.54) is 51.4 Å². The summed E-state index contributed by atoms with van der Waals surface area (Å²) in [5, 5.41) is 0. The molecule has 2 rings (SSSR count). The van der Waals surface area contributed by atoms with E-state index in [2.05, 4.69) is 6.92 Å². The normalized spacial score (nSPS) is 10.6. The van der Waals surface area contributed by atoms with E-state index in [1.807, 2.05) is 30.3 Å². The molecule has 0 amide bonds. The van der Waals surface area contributed by atoms with Crippen molar-refractivity contribution >= 4 is 11.9 Å². The quantitative estimate of drug-likeness (QED) is 0.190. The molecule has 0 aliphatic heterocycles. The van der Waals surface area contributed by atoms with E-state index in [0.29, 0.717) is 12.4 Å². The van der Waals surface area contributed by atoms with E-state index in [9.17, 15) is 9.59 Å². The highest BCUT2D eigenvalue weighted by molar-refractivity contribution is 6.03. The van der Waals surface area contributed by atoms with Gasteiger partial charge in [-0.3, -0.25) is 0 Å². The van der Waals surface area contributed by atoms with Gasteiger partial charge in [0.25, 0.3) is 0 Å². The van der Waals surface area contributed by atoms with E-state index >= 15 is 0 Å². The van der Waals surface area contributed by atoms with Gasteiger partial charge >= 0.3 is 11.9 Å². The van der Waals surface area contributed by atoms with Crippen LogP contribution in [0, 0.1) is 0 Å². The lowest BCUT2D eigenvalue weighted by Crippen LogP contribution is -2.17. The van der Waals surface area contributed by atoms with Crippen LogP contribution in [0.2, 0.25) is 0 Å². The fraction of sp³-hybridized carbons (Fsp3) is 0.500. The predicted molar refractivity (Wildman–Crippen MR) is 131 cm³/mol. The van der Waals surface area contributed by atoms with Gasteiger partial charge in [0.1, 0.15) is 19.0 Å². The van der Waals surface area contributed by atoms with E-state index < -0.39 is 11.9 Å². The molecule has 33 heavy (non-hydrogen) atoms. The van der Waals surface area contributed by atoms with Crippen molar-refractivity contribution in [1.82, 2.24) is 0 Å². The summed E-state index contributed by atoms with van der Waals surface area (Å²) >= 11 is 0. The molecule has 0 N–H and O–H groups in total. The van der Waals surface area contributed by atoms with Crippen molar-refractivity contribution in [1.29, 1.82) is 0 Å². The van der Waals surface area contributed by atoms with Gasteiger partial charge in [-0.2, -0.15) is 0 Å². The Morgan fingerprint density at radius 2 is 1.06 bits per heavy atom. The van der Waals surface area contributed by atoms with Crippen LogP contribution < -0.4 is 4.74 Å². The standard InChI is InChI=1S/C28H38O5/c1-2-3-4-5-6-7-8-9-10-16-21-32-27(29)25-19-14-15-20-26(25)28(30)33-23-22-31-24-17-12-11-13-18-24/h11-15,17-20H,2-10,16,21-23H2,1H3. The highest BCUT2D eigenvalue weighted by Crippen LogP contribution is 2.14. The summed E-state index contributed by atoms with van der Waals surface area (Å²) < 4.78 is 16.2. The maximum Gasteiger partial charge on any atom is 0.339 e. The van der Waals surface area contributed by atoms with Gasteiger partial charge in [-0.05, 0) is 30.7 Å². The van der Waals surface area contributed by atoms with Gasteiger partial charge in [0.15, 0.2) is 0 Å². The second-order valence-electron chi connectivity index (χ2n) is 8.16. The minimum Gasteiger partial charge on any atom is -0.490 e. The molecule has 0 radical (unpaired) electrons. The maximum absolute atomic E-state index is 12.5. The van der Waals surface area contributed by atoms with Crippen LogP contribution in [-0.4, -0.2) is 31.8 Å². The number of unbranched alkanes of at least 4 members (excludes halogenated alkanes) is 9. The van der Waals surface area contributed by atoms with Crippen molar-refractivity contribution < 1.29 is 23.8 Å². The number of esters is 2. The first-order valence-corrected chi connectivity index (χ1v) is 12.3. The molecule has 0 fully saturated rings. The van der Waals surface area contributed by atoms with E-state index in [-0.39, 0.29) is 24.3 Å². The summed E-state index contributed by atoms with van der Waals surface area (Å²) in [5.74, 6) is -0.332. The molecule has 0 aliphatic rings. The number of para-hydroxylation sites is 1. The van der Waals surface area contributed by atoms with Crippen LogP contribution >= 0.6 is 0 Å². The van der Waals surface area contributed by atoms with Crippen molar-refractivity contribution in [3.8, 4) is 5.75 Å². The first-order chi connectivity index (χ1) is 16.2. The maximum atomic E-state index is 12.5. The third-order valence-corrected chi connectivity index (χ3v) is 5.43. The second kappa shape index (κ2) is 16.8. The zero-order valence-electron chi connectivity index (χ0n) is 19.9. The van der Waals surface area contributed by atoms with Crippen molar-refractivity contribution in [2.45, 2.75) is 71.1 Å². The van der Waals surface area contributed by atoms with Gasteiger partial charge in [-0.1, -0.05) is 95.0 Å². The Bertz CT molecular complexity index is 803. The fourth-order valence-corrected chi connectivity index (χ4v) is 3.56. The van der Waals surface area contributed by atoms with E-state index in [4.69, 9.17) is 14.2 Å². The highest BCUT2D eigenvalue weighted by atomic mass is 16.6. The molecule has 0 saturated heterocycles. The molecule has 0 saturated carbocycles. The molecule has 0 spiro atoms. The minimum absolute atomic E-state index is 0.0930. The molecule has 0 heterocycles. The number of hydrogen-bond donors (Lipinski definition) is 0. The number of hydrogen-bond acceptors (Lipinski definition) is 5. The smallest absolute Gasteiger partial charge is 0.339 e. The van der Waals surface area contributed by atoms with Gasteiger partial charge in [0.2, 0.25) is 0 Å². The summed E-state index contributed by atoms with van der Waals surface area (Å²) in [6, 6.07) is 15.9. The van der Waals surface area contributed by atoms with Crippen molar-refractivity contribution in [2.75, 3.05) is 19.8 Å². The van der Waals surface area contributed by atoms with Crippen LogP contribution in [0.4, 0.5) is 0 Å². The Morgan fingerprint density at radius 1 is 0.576 bits per heavy atom. The van der Waals surface area contributed by atoms with Gasteiger partial charge in [0.05, 0.1) is 17.7 Å². The van der Waals surface area contributed by atoms with Crippen molar-refractivity contribution in [3.63, 3.8) is 0 Å². The number of carbonyl (C=O) groups excluding carboxylic acids is 2. The Morgan fingerprint density at radius 3 is 1.64 bits per heavy atom. The topological polar surface area (TPSA) is 61.8 Å². The molecule has 0 aromatic heterocycles. The van der Waals surface area contributed by atoms with Crippen LogP contribution in [0.1, 0.15) is 91.8 Å². The van der Waals surface area contributed by atoms with Gasteiger partial charge < -0.3 is 14.2 Å². The lowest BCUT2D eigenvalue weighted by Gasteiger charge is -2.10. The average molecular weight is 455 g/mol. The number of benzene rings is 2. The molecule has 0 bridgehead atoms. The molecule has 2 aromatic carbocycles. The van der Waals surface area contributed by atoms with Gasteiger partial charge in [0, 0.05) is 0 Å². The Balaban J connectivity index is 1.63. The molecular formula is C28H38O5. The molecule has 0 unspecified atom stereocenters. The zero-order chi connectivity index (χ0) is 23.6. The average Bonchev–Trinajstić information content (AvgIpc) is 2.85. The molecule has 180 valence electrons. The van der Waals surface area contributed by atoms with Crippen LogP contribution in [0.5, 0.6) is 5.75 Å². The number of carbonyl (C=O) groups is 2. The minimum atomic E-state index is -0.557. The van der Waals surface area contributed by atoms with E-state index in [0.717, 1.165) is 12.8 Å². The van der Waals surface area contributed by atoms with Crippen LogP contribution in [0.15, 0.2) is 54.6 Å². The summed E-state index contributed by atoms with van der Waals surface area (Å²) in [6.07, 6.45) is 12.2. The summed E-state index contributed by atoms with van der Waals surface area (Å²) in [7, 11) is 0. The third kappa shape index (κ3) is 11.0. The third-order valence-electron chi connectivity index (χ3n) is 5.43. The van der Waals surface area contributed by atoms with Gasteiger partial charge in [-0.15, -0.1) is 0 Å². The summed E-state index contributed by atoms with van der Waals surface area (Å²) in [5.41, 5.74) is 0.448. The molecule has 2 aromatic rings. The number of rotatable bonds is 17. The fourth-order valence-electron chi connectivity index (χ4n) is 3.56. The monoisotopic (exact) mass is 454 g/mol. The summed E-state index contributed by atoms with van der Waals surface area (Å²) in [4.78, 5) is 24.9. The first kappa shape index (κ1) is 26.4. The second-order valence-corrected chi connectivity index (χ2v) is 8.16. The largest absolute Gasteiger partial charge is 0.490 e. The van der Waals surface area contributed by atoms with Crippen molar-refractivity contribution in [2.24, 2.45) is 0 Å². The summed E-state index contributed by atoms with van der Waals surface area (Å²) in [6.45, 7) is 2.93. The van der Waals surface area contributed by atoms with E-state index in [1.54, 1.807) is 24.3 Å². The lowest BCUT2D eigenvalue weighted by atomic mass is 10.1. The molecular weight excluding hydrogens is 416 g/mol. The van der Waals surface area contributed by atoms with Crippen LogP contribution in [0.3, 0.4) is 0 Å². The predicted octanol–water partition coefficient (Wildman–Crippen LogP) is 7.00. The zero-order valence-corrected chi connectivity index (χ0v) is 19.9. The lowest BCUT2D eigenvalue weighted by molar-refractivity contribution is 0.0422. The Kier molecular flexibility index (Phi) is 13.4. The van der Waals surface area contributed by atoms with Gasteiger partial charge in [-0.25, -0.2) is 9.59 Å². The molecule has 0 aliphatic carbocycles. The highest BCUT2D eigenvalue weighted by Gasteiger charge is 2.18. The Hall–Kier alpha value is -2.82. The SMILES string of the molecule is CCCCCCCCCCCCOC(=O)c1ccccc1C(=O)OCCOc1ccccc1. The van der Waals surface area contributed by atoms with Crippen LogP contribution in [0.25, 0.3) is 0 Å². The first-order valence-electron chi connectivity index (χ1n) is 12.3. The molecule has 5 nitrogen and oxygen atoms in total. The molecule has 5 heteroatoms. The Labute approximate surface area is 198 Å². The van der Waals surface area contributed by atoms with Crippen LogP contribution in [-0.2, 0) is 9.47 Å².